The number of hydrogen-bond donors (Lipinski definition) is 4. The fraction of sp³-hybridized carbons (Fsp3) is 0.0323. The van der Waals surface area contributed by atoms with Gasteiger partial charge in [0.15, 0.2) is 0 Å². The zero-order valence-corrected chi connectivity index (χ0v) is 18.7. The van der Waals surface area contributed by atoms with Crippen LogP contribution >= 0.6 is 0 Å². The van der Waals surface area contributed by atoms with Crippen molar-refractivity contribution in [3.05, 3.63) is 120 Å². The van der Waals surface area contributed by atoms with Gasteiger partial charge in [-0.3, -0.25) is 0 Å². The first-order chi connectivity index (χ1) is 17.0. The lowest BCUT2D eigenvalue weighted by Gasteiger charge is -2.26. The Morgan fingerprint density at radius 2 is 0.886 bits per heavy atom. The van der Waals surface area contributed by atoms with Gasteiger partial charge in [0.25, 0.3) is 0 Å². The van der Waals surface area contributed by atoms with Crippen molar-refractivity contribution in [2.45, 2.75) is 5.92 Å². The van der Waals surface area contributed by atoms with Crippen molar-refractivity contribution in [3.63, 3.8) is 0 Å². The minimum atomic E-state index is -0.699. The molecule has 170 valence electrons. The molecular formula is C31H22O4. The normalized spacial score (nSPS) is 11.6. The number of rotatable bonds is 3. The van der Waals surface area contributed by atoms with Crippen LogP contribution in [-0.2, 0) is 0 Å². The first-order valence-electron chi connectivity index (χ1n) is 11.4. The number of hydrogen-bond acceptors (Lipinski definition) is 4. The summed E-state index contributed by atoms with van der Waals surface area (Å²) in [6, 6.07) is 31.0. The van der Waals surface area contributed by atoms with Gasteiger partial charge in [-0.2, -0.15) is 0 Å². The van der Waals surface area contributed by atoms with Crippen molar-refractivity contribution in [2.75, 3.05) is 0 Å². The van der Waals surface area contributed by atoms with Gasteiger partial charge in [0.1, 0.15) is 23.0 Å². The van der Waals surface area contributed by atoms with Crippen molar-refractivity contribution in [2.24, 2.45) is 0 Å². The summed E-state index contributed by atoms with van der Waals surface area (Å²) in [5, 5.41) is 48.9. The third-order valence-corrected chi connectivity index (χ3v) is 6.79. The van der Waals surface area contributed by atoms with Crippen LogP contribution in [0.15, 0.2) is 103 Å². The predicted molar refractivity (Wildman–Crippen MR) is 139 cm³/mol. The lowest BCUT2D eigenvalue weighted by atomic mass is 9.78. The monoisotopic (exact) mass is 458 g/mol. The Hall–Kier alpha value is -4.70. The van der Waals surface area contributed by atoms with Gasteiger partial charge in [0, 0.05) is 27.8 Å². The van der Waals surface area contributed by atoms with Crippen molar-refractivity contribution in [1.29, 1.82) is 0 Å². The topological polar surface area (TPSA) is 80.9 Å². The van der Waals surface area contributed by atoms with E-state index < -0.39 is 5.92 Å². The summed E-state index contributed by atoms with van der Waals surface area (Å²) < 4.78 is 0. The average Bonchev–Trinajstić information content (AvgIpc) is 2.87. The highest BCUT2D eigenvalue weighted by Crippen LogP contribution is 2.50. The molecule has 0 aliphatic carbocycles. The van der Waals surface area contributed by atoms with Gasteiger partial charge in [0.05, 0.1) is 0 Å². The van der Waals surface area contributed by atoms with Gasteiger partial charge in [-0.05, 0) is 51.4 Å². The predicted octanol–water partition coefficient (Wildman–Crippen LogP) is 7.15. The quantitative estimate of drug-likeness (QED) is 0.212. The van der Waals surface area contributed by atoms with Gasteiger partial charge in [-0.1, -0.05) is 78.9 Å². The molecule has 6 aromatic rings. The number of aromatic hydroxyl groups is 4. The standard InChI is InChI=1S/C31H22O4/c32-23-12-4-8-19-14-16-25(34)30(27(19)23)29(22-11-3-7-18-6-1-2-10-21(18)22)31-26(35)17-15-20-9-5-13-24(33)28(20)31/h1-17,29,32-35H. The molecule has 6 rings (SSSR count). The minimum Gasteiger partial charge on any atom is -0.508 e. The van der Waals surface area contributed by atoms with Crippen LogP contribution in [-0.4, -0.2) is 20.4 Å². The van der Waals surface area contributed by atoms with Crippen LogP contribution in [0.25, 0.3) is 32.3 Å². The zero-order valence-electron chi connectivity index (χ0n) is 18.7. The SMILES string of the molecule is Oc1ccc2cccc(O)c2c1C(c1cccc2ccccc12)c1c(O)ccc2cccc(O)c12. The first-order valence-corrected chi connectivity index (χ1v) is 11.4. The molecule has 4 heteroatoms. The maximum absolute atomic E-state index is 11.3. The van der Waals surface area contributed by atoms with Crippen LogP contribution in [0.5, 0.6) is 23.0 Å². The summed E-state index contributed by atoms with van der Waals surface area (Å²) in [4.78, 5) is 0. The molecule has 0 spiro atoms. The molecule has 0 amide bonds. The van der Waals surface area contributed by atoms with E-state index in [0.29, 0.717) is 21.9 Å². The number of phenolic OH excluding ortho intramolecular Hbond substituents is 4. The largest absolute Gasteiger partial charge is 0.508 e. The Morgan fingerprint density at radius 1 is 0.400 bits per heavy atom. The van der Waals surface area contributed by atoms with E-state index in [-0.39, 0.29) is 23.0 Å². The van der Waals surface area contributed by atoms with Gasteiger partial charge in [0.2, 0.25) is 0 Å². The molecule has 0 saturated carbocycles. The van der Waals surface area contributed by atoms with Gasteiger partial charge < -0.3 is 20.4 Å². The highest BCUT2D eigenvalue weighted by Gasteiger charge is 2.30. The first kappa shape index (κ1) is 20.9. The van der Waals surface area contributed by atoms with Crippen LogP contribution in [0.2, 0.25) is 0 Å². The second kappa shape index (κ2) is 7.96. The molecule has 0 aliphatic rings. The van der Waals surface area contributed by atoms with Gasteiger partial charge in [-0.25, -0.2) is 0 Å². The third-order valence-electron chi connectivity index (χ3n) is 6.79. The van der Waals surface area contributed by atoms with Crippen molar-refractivity contribution in [3.8, 4) is 23.0 Å². The molecule has 0 aromatic heterocycles. The van der Waals surface area contributed by atoms with E-state index >= 15 is 0 Å². The number of benzene rings is 6. The van der Waals surface area contributed by atoms with E-state index in [1.54, 1.807) is 48.5 Å². The third kappa shape index (κ3) is 3.22. The molecule has 4 N–H and O–H groups in total. The van der Waals surface area contributed by atoms with E-state index in [0.717, 1.165) is 27.1 Å². The molecule has 0 heterocycles. The zero-order chi connectivity index (χ0) is 24.1. The Balaban J connectivity index is 1.85. The number of phenols is 4. The van der Waals surface area contributed by atoms with E-state index in [9.17, 15) is 20.4 Å². The van der Waals surface area contributed by atoms with Crippen LogP contribution in [0.1, 0.15) is 22.6 Å². The molecule has 0 aliphatic heterocycles. The molecule has 4 nitrogen and oxygen atoms in total. The summed E-state index contributed by atoms with van der Waals surface area (Å²) in [5.74, 6) is -0.659. The Labute approximate surface area is 201 Å². The Kier molecular flexibility index (Phi) is 4.75. The molecular weight excluding hydrogens is 436 g/mol. The Bertz CT molecular complexity index is 1660. The van der Waals surface area contributed by atoms with Crippen molar-refractivity contribution >= 4 is 32.3 Å². The van der Waals surface area contributed by atoms with E-state index in [2.05, 4.69) is 0 Å². The van der Waals surface area contributed by atoms with Crippen LogP contribution in [0.4, 0.5) is 0 Å². The maximum Gasteiger partial charge on any atom is 0.123 e. The average molecular weight is 459 g/mol. The van der Waals surface area contributed by atoms with E-state index in [1.807, 2.05) is 54.6 Å². The molecule has 0 saturated heterocycles. The molecule has 0 radical (unpaired) electrons. The van der Waals surface area contributed by atoms with Crippen LogP contribution in [0, 0.1) is 0 Å². The van der Waals surface area contributed by atoms with Crippen LogP contribution in [0.3, 0.4) is 0 Å². The van der Waals surface area contributed by atoms with E-state index in [4.69, 9.17) is 0 Å². The summed E-state index contributed by atoms with van der Waals surface area (Å²) >= 11 is 0. The molecule has 0 atom stereocenters. The summed E-state index contributed by atoms with van der Waals surface area (Å²) in [7, 11) is 0. The fourth-order valence-electron chi connectivity index (χ4n) is 5.29. The highest BCUT2D eigenvalue weighted by molar-refractivity contribution is 5.99. The molecule has 0 bridgehead atoms. The smallest absolute Gasteiger partial charge is 0.123 e. The summed E-state index contributed by atoms with van der Waals surface area (Å²) in [6.45, 7) is 0. The van der Waals surface area contributed by atoms with Crippen molar-refractivity contribution < 1.29 is 20.4 Å². The summed E-state index contributed by atoms with van der Waals surface area (Å²) in [6.07, 6.45) is 0. The minimum absolute atomic E-state index is 0.0104. The molecule has 0 fully saturated rings. The number of fused-ring (bicyclic) bond motifs is 3. The molecule has 0 unspecified atom stereocenters. The lowest BCUT2D eigenvalue weighted by Crippen LogP contribution is -2.07. The van der Waals surface area contributed by atoms with Gasteiger partial charge in [-0.15, -0.1) is 0 Å². The lowest BCUT2D eigenvalue weighted by molar-refractivity contribution is 0.456. The fourth-order valence-corrected chi connectivity index (χ4v) is 5.29. The van der Waals surface area contributed by atoms with Crippen LogP contribution < -0.4 is 0 Å². The second-order valence-electron chi connectivity index (χ2n) is 8.75. The maximum atomic E-state index is 11.3. The second-order valence-corrected chi connectivity index (χ2v) is 8.75. The van der Waals surface area contributed by atoms with E-state index in [1.165, 1.54) is 0 Å². The Morgan fingerprint density at radius 3 is 1.49 bits per heavy atom. The molecule has 6 aromatic carbocycles. The highest BCUT2D eigenvalue weighted by atomic mass is 16.3. The van der Waals surface area contributed by atoms with Gasteiger partial charge >= 0.3 is 0 Å². The summed E-state index contributed by atoms with van der Waals surface area (Å²) in [5.41, 5.74) is 1.76. The van der Waals surface area contributed by atoms with Crippen molar-refractivity contribution in [1.82, 2.24) is 0 Å². The molecule has 35 heavy (non-hydrogen) atoms.